The molecule has 0 aliphatic rings. The molecule has 0 saturated carbocycles. The van der Waals surface area contributed by atoms with Gasteiger partial charge in [0, 0.05) is 17.2 Å². The van der Waals surface area contributed by atoms with E-state index in [2.05, 4.69) is 5.32 Å². The molecule has 1 amide bonds. The number of carbonyl (C=O) groups excluding carboxylic acids is 1. The molecular weight excluding hydrogens is 245 g/mol. The zero-order chi connectivity index (χ0) is 14.4. The first kappa shape index (κ1) is 15.1. The fraction of sp³-hybridized carbons (Fsp3) is 0.429. The summed E-state index contributed by atoms with van der Waals surface area (Å²) in [6, 6.07) is 4.50. The van der Waals surface area contributed by atoms with E-state index in [1.165, 1.54) is 6.07 Å². The summed E-state index contributed by atoms with van der Waals surface area (Å²) in [5.41, 5.74) is 6.26. The Labute approximate surface area is 112 Å². The van der Waals surface area contributed by atoms with Crippen LogP contribution in [0.25, 0.3) is 0 Å². The molecule has 0 aliphatic carbocycles. The highest BCUT2D eigenvalue weighted by molar-refractivity contribution is 5.93. The number of rotatable bonds is 5. The highest BCUT2D eigenvalue weighted by atomic mass is 19.1. The number of hydrogen-bond donors (Lipinski definition) is 2. The van der Waals surface area contributed by atoms with Crippen molar-refractivity contribution < 1.29 is 9.18 Å². The van der Waals surface area contributed by atoms with Crippen LogP contribution >= 0.6 is 0 Å². The maximum absolute atomic E-state index is 13.6. The highest BCUT2D eigenvalue weighted by Crippen LogP contribution is 2.21. The molecule has 1 atom stereocenters. The van der Waals surface area contributed by atoms with E-state index in [9.17, 15) is 9.18 Å². The first-order valence-electron chi connectivity index (χ1n) is 6.20. The van der Waals surface area contributed by atoms with Gasteiger partial charge in [-0.25, -0.2) is 4.39 Å². The smallest absolute Gasteiger partial charge is 0.227 e. The fourth-order valence-corrected chi connectivity index (χ4v) is 1.68. The van der Waals surface area contributed by atoms with E-state index >= 15 is 0 Å². The Morgan fingerprint density at radius 1 is 1.58 bits per heavy atom. The lowest BCUT2D eigenvalue weighted by Gasteiger charge is -2.14. The molecule has 0 spiro atoms. The van der Waals surface area contributed by atoms with E-state index in [1.807, 2.05) is 6.07 Å². The summed E-state index contributed by atoms with van der Waals surface area (Å²) in [7, 11) is 0. The molecule has 0 fully saturated rings. The molecule has 102 valence electrons. The van der Waals surface area contributed by atoms with Crippen molar-refractivity contribution in [3.05, 3.63) is 29.1 Å². The zero-order valence-electron chi connectivity index (χ0n) is 11.2. The second-order valence-electron chi connectivity index (χ2n) is 4.56. The van der Waals surface area contributed by atoms with Crippen LogP contribution in [-0.2, 0) is 4.79 Å². The first-order chi connectivity index (χ1) is 8.99. The number of nitrogens with one attached hydrogen (secondary N) is 1. The van der Waals surface area contributed by atoms with Crippen molar-refractivity contribution in [2.75, 3.05) is 11.9 Å². The molecule has 0 aromatic heterocycles. The lowest BCUT2D eigenvalue weighted by Crippen LogP contribution is -2.22. The average molecular weight is 263 g/mol. The van der Waals surface area contributed by atoms with Gasteiger partial charge in [-0.05, 0) is 38.4 Å². The minimum absolute atomic E-state index is 0.188. The van der Waals surface area contributed by atoms with Crippen LogP contribution < -0.4 is 11.1 Å². The number of amides is 1. The standard InChI is InChI=1S/C14H18FN3O/c1-9(4-3-5-16)14(19)18-13-7-11(8-17)6-12(15)10(13)2/h6-7,9H,3-5,16H2,1-2H3,(H,18,19). The summed E-state index contributed by atoms with van der Waals surface area (Å²) in [4.78, 5) is 11.9. The molecule has 1 aromatic carbocycles. The van der Waals surface area contributed by atoms with Crippen LogP contribution in [0.15, 0.2) is 12.1 Å². The molecule has 0 aliphatic heterocycles. The molecule has 0 saturated heterocycles. The molecule has 3 N–H and O–H groups in total. The Morgan fingerprint density at radius 2 is 2.26 bits per heavy atom. The number of nitrogens with two attached hydrogens (primary N) is 1. The van der Waals surface area contributed by atoms with E-state index in [4.69, 9.17) is 11.0 Å². The van der Waals surface area contributed by atoms with Gasteiger partial charge in [0.1, 0.15) is 5.82 Å². The molecular formula is C14H18FN3O. The monoisotopic (exact) mass is 263 g/mol. The number of anilines is 1. The molecule has 1 unspecified atom stereocenters. The summed E-state index contributed by atoms with van der Waals surface area (Å²) in [6.07, 6.45) is 1.45. The predicted molar refractivity (Wildman–Crippen MR) is 71.9 cm³/mol. The van der Waals surface area contributed by atoms with Gasteiger partial charge in [0.05, 0.1) is 11.6 Å². The summed E-state index contributed by atoms with van der Waals surface area (Å²) >= 11 is 0. The highest BCUT2D eigenvalue weighted by Gasteiger charge is 2.15. The number of benzene rings is 1. The minimum atomic E-state index is -0.496. The van der Waals surface area contributed by atoms with Crippen LogP contribution in [0.1, 0.15) is 30.9 Å². The van der Waals surface area contributed by atoms with Crippen molar-refractivity contribution in [3.63, 3.8) is 0 Å². The van der Waals surface area contributed by atoms with Crippen molar-refractivity contribution in [1.82, 2.24) is 0 Å². The van der Waals surface area contributed by atoms with Gasteiger partial charge in [-0.3, -0.25) is 4.79 Å². The van der Waals surface area contributed by atoms with Crippen LogP contribution in [0.5, 0.6) is 0 Å². The quantitative estimate of drug-likeness (QED) is 0.855. The van der Waals surface area contributed by atoms with Crippen molar-refractivity contribution >= 4 is 11.6 Å². The Bertz CT molecular complexity index is 508. The van der Waals surface area contributed by atoms with Crippen LogP contribution in [0.3, 0.4) is 0 Å². The van der Waals surface area contributed by atoms with Gasteiger partial charge >= 0.3 is 0 Å². The fourth-order valence-electron chi connectivity index (χ4n) is 1.68. The van der Waals surface area contributed by atoms with Gasteiger partial charge in [-0.1, -0.05) is 6.92 Å². The van der Waals surface area contributed by atoms with Crippen LogP contribution in [0.4, 0.5) is 10.1 Å². The summed E-state index contributed by atoms with van der Waals surface area (Å²) in [6.45, 7) is 3.90. The molecule has 1 rings (SSSR count). The number of halogens is 1. The Morgan fingerprint density at radius 3 is 2.84 bits per heavy atom. The van der Waals surface area contributed by atoms with Crippen molar-refractivity contribution in [2.24, 2.45) is 11.7 Å². The molecule has 4 nitrogen and oxygen atoms in total. The lowest BCUT2D eigenvalue weighted by molar-refractivity contribution is -0.119. The summed E-state index contributed by atoms with van der Waals surface area (Å²) in [5, 5.41) is 11.5. The van der Waals surface area contributed by atoms with Crippen molar-refractivity contribution in [2.45, 2.75) is 26.7 Å². The van der Waals surface area contributed by atoms with Crippen LogP contribution in [0.2, 0.25) is 0 Å². The Hall–Kier alpha value is -1.93. The SMILES string of the molecule is Cc1c(F)cc(C#N)cc1NC(=O)C(C)CCCN. The zero-order valence-corrected chi connectivity index (χ0v) is 11.2. The Balaban J connectivity index is 2.85. The number of carbonyl (C=O) groups is 1. The van der Waals surface area contributed by atoms with Gasteiger partial charge in [0.15, 0.2) is 0 Å². The van der Waals surface area contributed by atoms with Gasteiger partial charge < -0.3 is 11.1 Å². The number of nitriles is 1. The topological polar surface area (TPSA) is 78.9 Å². The molecule has 19 heavy (non-hydrogen) atoms. The third kappa shape index (κ3) is 4.04. The second kappa shape index (κ2) is 6.86. The van der Waals surface area contributed by atoms with Gasteiger partial charge in [0.25, 0.3) is 0 Å². The van der Waals surface area contributed by atoms with Crippen molar-refractivity contribution in [1.29, 1.82) is 5.26 Å². The molecule has 0 radical (unpaired) electrons. The molecule has 0 bridgehead atoms. The summed E-state index contributed by atoms with van der Waals surface area (Å²) < 4.78 is 13.6. The van der Waals surface area contributed by atoms with Gasteiger partial charge in [-0.2, -0.15) is 5.26 Å². The van der Waals surface area contributed by atoms with E-state index < -0.39 is 5.82 Å². The van der Waals surface area contributed by atoms with E-state index in [0.717, 1.165) is 12.5 Å². The minimum Gasteiger partial charge on any atom is -0.330 e. The van der Waals surface area contributed by atoms with E-state index in [-0.39, 0.29) is 17.4 Å². The van der Waals surface area contributed by atoms with E-state index in [0.29, 0.717) is 24.2 Å². The molecule has 5 heteroatoms. The third-order valence-electron chi connectivity index (χ3n) is 3.02. The normalized spacial score (nSPS) is 11.7. The maximum Gasteiger partial charge on any atom is 0.227 e. The Kier molecular flexibility index (Phi) is 5.46. The molecule has 1 aromatic rings. The average Bonchev–Trinajstić information content (AvgIpc) is 2.40. The third-order valence-corrected chi connectivity index (χ3v) is 3.02. The first-order valence-corrected chi connectivity index (χ1v) is 6.20. The predicted octanol–water partition coefficient (Wildman–Crippen LogP) is 2.32. The van der Waals surface area contributed by atoms with Gasteiger partial charge in [-0.15, -0.1) is 0 Å². The summed E-state index contributed by atoms with van der Waals surface area (Å²) in [5.74, 6) is -0.883. The van der Waals surface area contributed by atoms with Crippen LogP contribution in [-0.4, -0.2) is 12.5 Å². The van der Waals surface area contributed by atoms with Crippen molar-refractivity contribution in [3.8, 4) is 6.07 Å². The number of nitrogens with zero attached hydrogens (tertiary/aromatic N) is 1. The van der Waals surface area contributed by atoms with Gasteiger partial charge in [0.2, 0.25) is 5.91 Å². The number of hydrogen-bond acceptors (Lipinski definition) is 3. The lowest BCUT2D eigenvalue weighted by atomic mass is 10.0. The second-order valence-corrected chi connectivity index (χ2v) is 4.56. The maximum atomic E-state index is 13.6. The largest absolute Gasteiger partial charge is 0.330 e. The van der Waals surface area contributed by atoms with E-state index in [1.54, 1.807) is 13.8 Å². The molecule has 0 heterocycles. The van der Waals surface area contributed by atoms with Crippen LogP contribution in [0, 0.1) is 30.0 Å².